The second-order valence-electron chi connectivity index (χ2n) is 4.19. The summed E-state index contributed by atoms with van der Waals surface area (Å²) in [6.07, 6.45) is 1.16. The Labute approximate surface area is 93.6 Å². The molecule has 1 N–H and O–H groups in total. The molecule has 0 aliphatic heterocycles. The quantitative estimate of drug-likeness (QED) is 0.835. The van der Waals surface area contributed by atoms with Gasteiger partial charge in [0, 0.05) is 18.2 Å². The molecule has 1 aliphatic carbocycles. The molecule has 1 aliphatic rings. The van der Waals surface area contributed by atoms with Crippen LogP contribution in [0.4, 0.5) is 8.78 Å². The van der Waals surface area contributed by atoms with Gasteiger partial charge in [0.15, 0.2) is 0 Å². The number of benzene rings is 1. The van der Waals surface area contributed by atoms with Crippen LogP contribution >= 0.6 is 0 Å². The second-order valence-corrected chi connectivity index (χ2v) is 4.19. The van der Waals surface area contributed by atoms with Crippen molar-refractivity contribution in [2.45, 2.75) is 32.5 Å². The molecule has 1 aromatic rings. The van der Waals surface area contributed by atoms with Crippen molar-refractivity contribution in [3.63, 3.8) is 0 Å². The van der Waals surface area contributed by atoms with E-state index < -0.39 is 6.61 Å². The molecule has 0 saturated heterocycles. The summed E-state index contributed by atoms with van der Waals surface area (Å²) in [5.74, 6) is 0.960. The Morgan fingerprint density at radius 2 is 2.12 bits per heavy atom. The van der Waals surface area contributed by atoms with Gasteiger partial charge < -0.3 is 10.1 Å². The summed E-state index contributed by atoms with van der Waals surface area (Å²) < 4.78 is 28.7. The van der Waals surface area contributed by atoms with Crippen LogP contribution < -0.4 is 10.1 Å². The molecular formula is C12H15F2NO. The molecule has 2 unspecified atom stereocenters. The minimum absolute atomic E-state index is 0.262. The topological polar surface area (TPSA) is 21.3 Å². The first-order valence-corrected chi connectivity index (χ1v) is 5.43. The monoisotopic (exact) mass is 227 g/mol. The van der Waals surface area contributed by atoms with Crippen LogP contribution in [0, 0.1) is 5.92 Å². The van der Waals surface area contributed by atoms with E-state index >= 15 is 0 Å². The van der Waals surface area contributed by atoms with Gasteiger partial charge in [-0.15, -0.1) is 0 Å². The third kappa shape index (κ3) is 2.92. The van der Waals surface area contributed by atoms with Gasteiger partial charge in [0.05, 0.1) is 0 Å². The first-order chi connectivity index (χ1) is 7.66. The molecule has 0 spiro atoms. The number of para-hydroxylation sites is 1. The van der Waals surface area contributed by atoms with E-state index in [1.807, 2.05) is 6.07 Å². The highest BCUT2D eigenvalue weighted by Crippen LogP contribution is 2.30. The molecule has 2 rings (SSSR count). The highest BCUT2D eigenvalue weighted by molar-refractivity contribution is 5.33. The molecule has 0 heterocycles. The number of halogens is 2. The molecule has 16 heavy (non-hydrogen) atoms. The Bertz CT molecular complexity index is 357. The predicted octanol–water partition coefficient (Wildman–Crippen LogP) is 2.79. The van der Waals surface area contributed by atoms with E-state index in [1.54, 1.807) is 18.2 Å². The van der Waals surface area contributed by atoms with Crippen LogP contribution in [0.3, 0.4) is 0 Å². The Kier molecular flexibility index (Phi) is 3.39. The smallest absolute Gasteiger partial charge is 0.387 e. The summed E-state index contributed by atoms with van der Waals surface area (Å²) in [6, 6.07) is 7.42. The number of hydrogen-bond acceptors (Lipinski definition) is 2. The van der Waals surface area contributed by atoms with Crippen LogP contribution in [0.2, 0.25) is 0 Å². The van der Waals surface area contributed by atoms with Gasteiger partial charge in [-0.3, -0.25) is 0 Å². The number of ether oxygens (including phenoxy) is 1. The Morgan fingerprint density at radius 3 is 2.75 bits per heavy atom. The van der Waals surface area contributed by atoms with Gasteiger partial charge in [0.1, 0.15) is 5.75 Å². The molecule has 88 valence electrons. The summed E-state index contributed by atoms with van der Waals surface area (Å²) >= 11 is 0. The third-order valence-corrected chi connectivity index (χ3v) is 2.85. The fourth-order valence-electron chi connectivity index (χ4n) is 1.71. The SMILES string of the molecule is CC1CC1NCc1ccccc1OC(F)F. The average molecular weight is 227 g/mol. The standard InChI is InChI=1S/C12H15F2NO/c1-8-6-10(8)15-7-9-4-2-3-5-11(9)16-12(13)14/h2-5,8,10,12,15H,6-7H2,1H3. The van der Waals surface area contributed by atoms with E-state index in [-0.39, 0.29) is 5.75 Å². The highest BCUT2D eigenvalue weighted by atomic mass is 19.3. The van der Waals surface area contributed by atoms with Gasteiger partial charge in [-0.1, -0.05) is 25.1 Å². The van der Waals surface area contributed by atoms with Crippen LogP contribution in [-0.4, -0.2) is 12.7 Å². The summed E-state index contributed by atoms with van der Waals surface area (Å²) in [7, 11) is 0. The zero-order chi connectivity index (χ0) is 11.5. The molecule has 1 saturated carbocycles. The van der Waals surface area contributed by atoms with E-state index in [0.717, 1.165) is 12.0 Å². The number of hydrogen-bond donors (Lipinski definition) is 1. The van der Waals surface area contributed by atoms with Crippen molar-refractivity contribution in [1.29, 1.82) is 0 Å². The zero-order valence-corrected chi connectivity index (χ0v) is 9.12. The van der Waals surface area contributed by atoms with E-state index in [4.69, 9.17) is 0 Å². The molecule has 0 radical (unpaired) electrons. The number of nitrogens with one attached hydrogen (secondary N) is 1. The minimum atomic E-state index is -2.76. The summed E-state index contributed by atoms with van der Waals surface area (Å²) in [5.41, 5.74) is 0.780. The largest absolute Gasteiger partial charge is 0.434 e. The van der Waals surface area contributed by atoms with Crippen LogP contribution in [0.25, 0.3) is 0 Å². The third-order valence-electron chi connectivity index (χ3n) is 2.85. The first kappa shape index (κ1) is 11.3. The average Bonchev–Trinajstić information content (AvgIpc) is 2.93. The maximum atomic E-state index is 12.1. The maximum absolute atomic E-state index is 12.1. The van der Waals surface area contributed by atoms with Crippen LogP contribution in [0.15, 0.2) is 24.3 Å². The highest BCUT2D eigenvalue weighted by Gasteiger charge is 2.31. The van der Waals surface area contributed by atoms with Crippen molar-refractivity contribution in [1.82, 2.24) is 5.32 Å². The molecule has 0 bridgehead atoms. The molecule has 1 fully saturated rings. The van der Waals surface area contributed by atoms with E-state index in [2.05, 4.69) is 17.0 Å². The van der Waals surface area contributed by atoms with Gasteiger partial charge >= 0.3 is 6.61 Å². The number of rotatable bonds is 5. The fraction of sp³-hybridized carbons (Fsp3) is 0.500. The summed E-state index contributed by atoms with van der Waals surface area (Å²) in [4.78, 5) is 0. The van der Waals surface area contributed by atoms with E-state index in [0.29, 0.717) is 18.5 Å². The van der Waals surface area contributed by atoms with Crippen molar-refractivity contribution >= 4 is 0 Å². The first-order valence-electron chi connectivity index (χ1n) is 5.43. The van der Waals surface area contributed by atoms with Crippen LogP contribution in [0.5, 0.6) is 5.75 Å². The summed E-state index contributed by atoms with van der Waals surface area (Å²) in [5, 5.41) is 3.31. The van der Waals surface area contributed by atoms with Crippen molar-refractivity contribution in [2.75, 3.05) is 0 Å². The van der Waals surface area contributed by atoms with Crippen molar-refractivity contribution < 1.29 is 13.5 Å². The maximum Gasteiger partial charge on any atom is 0.387 e. The van der Waals surface area contributed by atoms with Crippen molar-refractivity contribution in [3.05, 3.63) is 29.8 Å². The lowest BCUT2D eigenvalue weighted by molar-refractivity contribution is -0.0504. The molecule has 0 amide bonds. The molecule has 1 aromatic carbocycles. The lowest BCUT2D eigenvalue weighted by atomic mass is 10.2. The second kappa shape index (κ2) is 4.78. The van der Waals surface area contributed by atoms with Crippen molar-refractivity contribution in [2.24, 2.45) is 5.92 Å². The Hall–Kier alpha value is -1.16. The lowest BCUT2D eigenvalue weighted by Crippen LogP contribution is -2.18. The van der Waals surface area contributed by atoms with Gasteiger partial charge in [0.2, 0.25) is 0 Å². The van der Waals surface area contributed by atoms with Crippen LogP contribution in [0.1, 0.15) is 18.9 Å². The predicted molar refractivity (Wildman–Crippen MR) is 57.5 cm³/mol. The molecular weight excluding hydrogens is 212 g/mol. The molecule has 0 aromatic heterocycles. The van der Waals surface area contributed by atoms with E-state index in [9.17, 15) is 8.78 Å². The normalized spacial score (nSPS) is 23.5. The zero-order valence-electron chi connectivity index (χ0n) is 9.12. The molecule has 2 atom stereocenters. The van der Waals surface area contributed by atoms with Gasteiger partial charge in [-0.05, 0) is 18.4 Å². The van der Waals surface area contributed by atoms with Gasteiger partial charge in [0.25, 0.3) is 0 Å². The molecule has 2 nitrogen and oxygen atoms in total. The minimum Gasteiger partial charge on any atom is -0.434 e. The van der Waals surface area contributed by atoms with Crippen LogP contribution in [-0.2, 0) is 6.54 Å². The number of alkyl halides is 2. The Morgan fingerprint density at radius 1 is 1.44 bits per heavy atom. The van der Waals surface area contributed by atoms with Gasteiger partial charge in [-0.25, -0.2) is 0 Å². The van der Waals surface area contributed by atoms with E-state index in [1.165, 1.54) is 0 Å². The fourth-order valence-corrected chi connectivity index (χ4v) is 1.71. The van der Waals surface area contributed by atoms with Gasteiger partial charge in [-0.2, -0.15) is 8.78 Å². The lowest BCUT2D eigenvalue weighted by Gasteiger charge is -2.10. The molecule has 4 heteroatoms. The Balaban J connectivity index is 1.95. The summed E-state index contributed by atoms with van der Waals surface area (Å²) in [6.45, 7) is -0.0158. The van der Waals surface area contributed by atoms with Crippen molar-refractivity contribution in [3.8, 4) is 5.75 Å².